The molecule has 3 atom stereocenters. The number of fused-ring (bicyclic) bond motifs is 1. The highest BCUT2D eigenvalue weighted by molar-refractivity contribution is 5.31. The SMILES string of the molecule is C=C1CCC(C(C)C)CC2C(C)=CCC12O. The lowest BCUT2D eigenvalue weighted by atomic mass is 9.78. The molecule has 0 aromatic rings. The van der Waals surface area contributed by atoms with Gasteiger partial charge in [-0.2, -0.15) is 0 Å². The minimum Gasteiger partial charge on any atom is -0.385 e. The van der Waals surface area contributed by atoms with Crippen LogP contribution in [0.2, 0.25) is 0 Å². The number of hydrogen-bond donors (Lipinski definition) is 1. The van der Waals surface area contributed by atoms with Gasteiger partial charge in [-0.15, -0.1) is 0 Å². The van der Waals surface area contributed by atoms with E-state index in [0.717, 1.165) is 30.8 Å². The summed E-state index contributed by atoms with van der Waals surface area (Å²) < 4.78 is 0. The lowest BCUT2D eigenvalue weighted by molar-refractivity contribution is 0.0390. The van der Waals surface area contributed by atoms with Crippen molar-refractivity contribution in [2.45, 2.75) is 52.1 Å². The van der Waals surface area contributed by atoms with Gasteiger partial charge in [0.25, 0.3) is 0 Å². The van der Waals surface area contributed by atoms with Crippen LogP contribution in [0.3, 0.4) is 0 Å². The molecule has 0 aromatic carbocycles. The molecule has 0 aliphatic heterocycles. The summed E-state index contributed by atoms with van der Waals surface area (Å²) >= 11 is 0. The summed E-state index contributed by atoms with van der Waals surface area (Å²) in [6, 6.07) is 0. The lowest BCUT2D eigenvalue weighted by Crippen LogP contribution is -2.36. The zero-order valence-corrected chi connectivity index (χ0v) is 10.8. The highest BCUT2D eigenvalue weighted by Crippen LogP contribution is 2.48. The fourth-order valence-corrected chi connectivity index (χ4v) is 3.35. The first kappa shape index (κ1) is 11.9. The molecule has 1 heteroatoms. The van der Waals surface area contributed by atoms with E-state index in [1.807, 2.05) is 0 Å². The summed E-state index contributed by atoms with van der Waals surface area (Å²) in [7, 11) is 0. The third-order valence-electron chi connectivity index (χ3n) is 4.77. The Balaban J connectivity index is 2.27. The van der Waals surface area contributed by atoms with Gasteiger partial charge < -0.3 is 5.11 Å². The summed E-state index contributed by atoms with van der Waals surface area (Å²) in [5.74, 6) is 1.77. The van der Waals surface area contributed by atoms with Gasteiger partial charge in [-0.25, -0.2) is 0 Å². The van der Waals surface area contributed by atoms with Crippen molar-refractivity contribution >= 4 is 0 Å². The van der Waals surface area contributed by atoms with E-state index in [4.69, 9.17) is 0 Å². The second-order valence-electron chi connectivity index (χ2n) is 6.01. The van der Waals surface area contributed by atoms with Crippen LogP contribution in [0.1, 0.15) is 46.5 Å². The smallest absolute Gasteiger partial charge is 0.0953 e. The number of rotatable bonds is 1. The van der Waals surface area contributed by atoms with E-state index in [9.17, 15) is 5.11 Å². The second kappa shape index (κ2) is 4.03. The summed E-state index contributed by atoms with van der Waals surface area (Å²) in [4.78, 5) is 0. The van der Waals surface area contributed by atoms with E-state index in [1.165, 1.54) is 12.0 Å². The van der Waals surface area contributed by atoms with E-state index in [-0.39, 0.29) is 0 Å². The zero-order chi connectivity index (χ0) is 11.9. The van der Waals surface area contributed by atoms with E-state index >= 15 is 0 Å². The van der Waals surface area contributed by atoms with Gasteiger partial charge in [-0.05, 0) is 50.0 Å². The molecular formula is C15H24O. The molecule has 0 saturated heterocycles. The van der Waals surface area contributed by atoms with Crippen LogP contribution in [0.25, 0.3) is 0 Å². The molecule has 0 spiro atoms. The van der Waals surface area contributed by atoms with Gasteiger partial charge >= 0.3 is 0 Å². The predicted molar refractivity (Wildman–Crippen MR) is 68.1 cm³/mol. The maximum absolute atomic E-state index is 10.8. The molecule has 1 fully saturated rings. The van der Waals surface area contributed by atoms with Crippen molar-refractivity contribution in [1.29, 1.82) is 0 Å². The first-order valence-corrected chi connectivity index (χ1v) is 6.52. The monoisotopic (exact) mass is 220 g/mol. The first-order chi connectivity index (χ1) is 7.45. The van der Waals surface area contributed by atoms with E-state index < -0.39 is 5.60 Å². The Morgan fingerprint density at radius 1 is 1.50 bits per heavy atom. The van der Waals surface area contributed by atoms with Crippen molar-refractivity contribution < 1.29 is 5.11 Å². The minimum atomic E-state index is -0.617. The van der Waals surface area contributed by atoms with Gasteiger partial charge in [-0.3, -0.25) is 0 Å². The van der Waals surface area contributed by atoms with Crippen LogP contribution in [0.4, 0.5) is 0 Å². The third kappa shape index (κ3) is 1.75. The molecule has 90 valence electrons. The minimum absolute atomic E-state index is 0.329. The Hall–Kier alpha value is -0.560. The van der Waals surface area contributed by atoms with Crippen LogP contribution in [-0.2, 0) is 0 Å². The molecule has 0 heterocycles. The van der Waals surface area contributed by atoms with Crippen LogP contribution in [0, 0.1) is 17.8 Å². The van der Waals surface area contributed by atoms with Crippen molar-refractivity contribution in [3.63, 3.8) is 0 Å². The topological polar surface area (TPSA) is 20.2 Å². The molecule has 0 radical (unpaired) electrons. The summed E-state index contributed by atoms with van der Waals surface area (Å²) in [6.45, 7) is 10.9. The molecule has 3 unspecified atom stereocenters. The highest BCUT2D eigenvalue weighted by Gasteiger charge is 2.45. The van der Waals surface area contributed by atoms with E-state index in [1.54, 1.807) is 0 Å². The maximum atomic E-state index is 10.8. The van der Waals surface area contributed by atoms with Gasteiger partial charge in [0.15, 0.2) is 0 Å². The van der Waals surface area contributed by atoms with Gasteiger partial charge in [-0.1, -0.05) is 32.1 Å². The largest absolute Gasteiger partial charge is 0.385 e. The molecular weight excluding hydrogens is 196 g/mol. The average molecular weight is 220 g/mol. The van der Waals surface area contributed by atoms with Gasteiger partial charge in [0, 0.05) is 5.92 Å². The Kier molecular flexibility index (Phi) is 3.00. The van der Waals surface area contributed by atoms with Crippen molar-refractivity contribution in [3.8, 4) is 0 Å². The van der Waals surface area contributed by atoms with Crippen LogP contribution in [0.15, 0.2) is 23.8 Å². The molecule has 1 N–H and O–H groups in total. The van der Waals surface area contributed by atoms with Crippen LogP contribution in [-0.4, -0.2) is 10.7 Å². The van der Waals surface area contributed by atoms with Crippen LogP contribution >= 0.6 is 0 Å². The molecule has 2 rings (SSSR count). The normalized spacial score (nSPS) is 39.6. The Morgan fingerprint density at radius 2 is 2.19 bits per heavy atom. The molecule has 2 aliphatic carbocycles. The fourth-order valence-electron chi connectivity index (χ4n) is 3.35. The highest BCUT2D eigenvalue weighted by atomic mass is 16.3. The third-order valence-corrected chi connectivity index (χ3v) is 4.77. The number of hydrogen-bond acceptors (Lipinski definition) is 1. The molecule has 1 nitrogen and oxygen atoms in total. The summed E-state index contributed by atoms with van der Waals surface area (Å²) in [6.07, 6.45) is 6.32. The predicted octanol–water partition coefficient (Wildman–Crippen LogP) is 3.70. The molecule has 0 amide bonds. The van der Waals surface area contributed by atoms with E-state index in [0.29, 0.717) is 11.8 Å². The van der Waals surface area contributed by atoms with E-state index in [2.05, 4.69) is 33.4 Å². The Bertz CT molecular complexity index is 326. The second-order valence-corrected chi connectivity index (χ2v) is 6.01. The van der Waals surface area contributed by atoms with Crippen LogP contribution < -0.4 is 0 Å². The zero-order valence-electron chi connectivity index (χ0n) is 10.8. The number of aliphatic hydroxyl groups is 1. The van der Waals surface area contributed by atoms with Gasteiger partial charge in [0.05, 0.1) is 5.60 Å². The van der Waals surface area contributed by atoms with Crippen molar-refractivity contribution in [3.05, 3.63) is 23.8 Å². The molecule has 0 bridgehead atoms. The Morgan fingerprint density at radius 3 is 2.81 bits per heavy atom. The summed E-state index contributed by atoms with van der Waals surface area (Å²) in [5.41, 5.74) is 1.82. The van der Waals surface area contributed by atoms with Crippen molar-refractivity contribution in [2.75, 3.05) is 0 Å². The molecule has 0 aromatic heterocycles. The molecule has 16 heavy (non-hydrogen) atoms. The van der Waals surface area contributed by atoms with Gasteiger partial charge in [0.2, 0.25) is 0 Å². The van der Waals surface area contributed by atoms with Crippen LogP contribution in [0.5, 0.6) is 0 Å². The standard InChI is InChI=1S/C15H24O/c1-10(2)13-6-5-12(4)15(16)8-7-11(3)14(15)9-13/h7,10,13-14,16H,4-6,8-9H2,1-3H3. The Labute approximate surface area is 99.3 Å². The lowest BCUT2D eigenvalue weighted by Gasteiger charge is -2.32. The molecule has 1 saturated carbocycles. The quantitative estimate of drug-likeness (QED) is 0.668. The first-order valence-electron chi connectivity index (χ1n) is 6.52. The molecule has 2 aliphatic rings. The fraction of sp³-hybridized carbons (Fsp3) is 0.733. The van der Waals surface area contributed by atoms with Crippen molar-refractivity contribution in [1.82, 2.24) is 0 Å². The average Bonchev–Trinajstić information content (AvgIpc) is 2.43. The van der Waals surface area contributed by atoms with Crippen molar-refractivity contribution in [2.24, 2.45) is 17.8 Å². The maximum Gasteiger partial charge on any atom is 0.0953 e. The van der Waals surface area contributed by atoms with Gasteiger partial charge in [0.1, 0.15) is 0 Å². The summed E-state index contributed by atoms with van der Waals surface area (Å²) in [5, 5.41) is 10.8.